The van der Waals surface area contributed by atoms with E-state index in [0.717, 1.165) is 38.9 Å². The minimum Gasteiger partial charge on any atom is -0.293 e. The SMILES string of the molecule is C[C@@]1(C(=O)Nc2n[nH]c(-c3cccc(-c4cccnc4)c3)n2)CC2(C#N)c3ccccc3C1c1ccccc12. The summed E-state index contributed by atoms with van der Waals surface area (Å²) < 4.78 is 0. The molecule has 2 heterocycles. The summed E-state index contributed by atoms with van der Waals surface area (Å²) in [5.74, 6) is 0.369. The first kappa shape index (κ1) is 23.1. The lowest BCUT2D eigenvalue weighted by molar-refractivity contribution is -0.127. The van der Waals surface area contributed by atoms with Gasteiger partial charge in [0.25, 0.3) is 0 Å². The summed E-state index contributed by atoms with van der Waals surface area (Å²) in [6.07, 6.45) is 3.94. The highest BCUT2D eigenvalue weighted by Gasteiger charge is 2.61. The number of amides is 1. The Bertz CT molecular complexity index is 1740. The van der Waals surface area contributed by atoms with Crippen LogP contribution in [-0.4, -0.2) is 26.1 Å². The number of nitriles is 1. The third-order valence-corrected chi connectivity index (χ3v) is 8.28. The zero-order valence-corrected chi connectivity index (χ0v) is 21.2. The molecule has 7 nitrogen and oxygen atoms in total. The lowest BCUT2D eigenvalue weighted by atomic mass is 9.47. The minimum atomic E-state index is -0.898. The molecule has 2 bridgehead atoms. The van der Waals surface area contributed by atoms with Crippen molar-refractivity contribution in [2.75, 3.05) is 5.32 Å². The van der Waals surface area contributed by atoms with E-state index in [2.05, 4.69) is 31.6 Å². The Balaban J connectivity index is 1.23. The highest BCUT2D eigenvalue weighted by molar-refractivity contribution is 5.96. The zero-order valence-electron chi connectivity index (χ0n) is 21.2. The number of hydrogen-bond donors (Lipinski definition) is 2. The van der Waals surface area contributed by atoms with E-state index >= 15 is 0 Å². The monoisotopic (exact) mass is 508 g/mol. The molecule has 8 rings (SSSR count). The lowest BCUT2D eigenvalue weighted by Gasteiger charge is -2.54. The summed E-state index contributed by atoms with van der Waals surface area (Å²) in [7, 11) is 0. The number of carbonyl (C=O) groups excluding carboxylic acids is 1. The van der Waals surface area contributed by atoms with Gasteiger partial charge >= 0.3 is 0 Å². The number of aromatic nitrogens is 4. The van der Waals surface area contributed by atoms with Crippen LogP contribution in [0.5, 0.6) is 0 Å². The normalized spacial score (nSPS) is 22.4. The molecule has 0 saturated heterocycles. The van der Waals surface area contributed by atoms with E-state index in [4.69, 9.17) is 0 Å². The number of benzene rings is 3. The number of nitrogens with one attached hydrogen (secondary N) is 2. The van der Waals surface area contributed by atoms with Gasteiger partial charge in [0.05, 0.1) is 11.5 Å². The van der Waals surface area contributed by atoms with Crippen LogP contribution in [0.15, 0.2) is 97.3 Å². The lowest BCUT2D eigenvalue weighted by Crippen LogP contribution is -2.53. The van der Waals surface area contributed by atoms with Gasteiger partial charge in [-0.3, -0.25) is 20.2 Å². The fourth-order valence-corrected chi connectivity index (χ4v) is 6.56. The molecule has 188 valence electrons. The molecular formula is C32H24N6O. The predicted octanol–water partition coefficient (Wildman–Crippen LogP) is 5.84. The molecule has 3 aromatic carbocycles. The maximum Gasteiger partial charge on any atom is 0.249 e. The third kappa shape index (κ3) is 3.35. The summed E-state index contributed by atoms with van der Waals surface area (Å²) in [5, 5.41) is 20.8. The Labute approximate surface area is 225 Å². The van der Waals surface area contributed by atoms with Crippen molar-refractivity contribution < 1.29 is 4.79 Å². The largest absolute Gasteiger partial charge is 0.293 e. The number of rotatable bonds is 4. The number of nitrogens with zero attached hydrogens (tertiary/aromatic N) is 4. The van der Waals surface area contributed by atoms with Gasteiger partial charge in [0.2, 0.25) is 11.9 Å². The van der Waals surface area contributed by atoms with Crippen LogP contribution in [0.3, 0.4) is 0 Å². The summed E-state index contributed by atoms with van der Waals surface area (Å²) >= 11 is 0. The Hall–Kier alpha value is -5.09. The molecule has 3 aliphatic carbocycles. The molecule has 0 fully saturated rings. The average Bonchev–Trinajstić information content (AvgIpc) is 3.46. The quantitative estimate of drug-likeness (QED) is 0.317. The molecule has 3 aliphatic rings. The van der Waals surface area contributed by atoms with E-state index in [9.17, 15) is 10.1 Å². The highest BCUT2D eigenvalue weighted by Crippen LogP contribution is 2.63. The summed E-state index contributed by atoms with van der Waals surface area (Å²) in [6.45, 7) is 1.95. The Morgan fingerprint density at radius 1 is 0.949 bits per heavy atom. The van der Waals surface area contributed by atoms with Gasteiger partial charge in [-0.25, -0.2) is 0 Å². The molecule has 7 heteroatoms. The molecule has 1 atom stereocenters. The van der Waals surface area contributed by atoms with Gasteiger partial charge in [0, 0.05) is 29.4 Å². The Morgan fingerprint density at radius 3 is 2.33 bits per heavy atom. The van der Waals surface area contributed by atoms with Crippen LogP contribution in [0, 0.1) is 16.7 Å². The zero-order chi connectivity index (χ0) is 26.6. The van der Waals surface area contributed by atoms with Crippen LogP contribution < -0.4 is 5.32 Å². The molecule has 1 amide bonds. The van der Waals surface area contributed by atoms with Crippen LogP contribution in [0.1, 0.15) is 41.5 Å². The third-order valence-electron chi connectivity index (χ3n) is 8.28. The van der Waals surface area contributed by atoms with Gasteiger partial charge in [0.15, 0.2) is 5.82 Å². The van der Waals surface area contributed by atoms with Gasteiger partial charge in [-0.15, -0.1) is 5.10 Å². The fourth-order valence-electron chi connectivity index (χ4n) is 6.56. The number of fused-ring (bicyclic) bond motifs is 1. The first-order valence-electron chi connectivity index (χ1n) is 12.9. The maximum absolute atomic E-state index is 14.0. The standard InChI is InChI=1S/C32H24N6O/c1-31(18-32(19-33)25-13-4-2-11-23(25)27(31)24-12-3-5-14-26(24)32)29(39)36-30-35-28(37-38-30)21-9-6-8-20(16-21)22-10-7-15-34-17-22/h2-17,27H,18H2,1H3,(H2,35,36,37,38,39)/t27?,31-,32?/m1/s1. The van der Waals surface area contributed by atoms with E-state index in [0.29, 0.717) is 12.2 Å². The van der Waals surface area contributed by atoms with E-state index in [1.807, 2.05) is 98.0 Å². The second-order valence-electron chi connectivity index (χ2n) is 10.5. The molecule has 0 radical (unpaired) electrons. The second-order valence-corrected chi connectivity index (χ2v) is 10.5. The summed E-state index contributed by atoms with van der Waals surface area (Å²) in [4.78, 5) is 22.8. The number of hydrogen-bond acceptors (Lipinski definition) is 5. The van der Waals surface area contributed by atoms with E-state index < -0.39 is 10.8 Å². The highest BCUT2D eigenvalue weighted by atomic mass is 16.2. The fraction of sp³-hybridized carbons (Fsp3) is 0.156. The Morgan fingerprint density at radius 2 is 1.64 bits per heavy atom. The van der Waals surface area contributed by atoms with Gasteiger partial charge in [0.1, 0.15) is 5.41 Å². The predicted molar refractivity (Wildman–Crippen MR) is 148 cm³/mol. The number of aromatic amines is 1. The summed E-state index contributed by atoms with van der Waals surface area (Å²) in [5.41, 5.74) is 5.13. The van der Waals surface area contributed by atoms with Gasteiger partial charge < -0.3 is 0 Å². The van der Waals surface area contributed by atoms with Crippen LogP contribution in [-0.2, 0) is 10.2 Å². The van der Waals surface area contributed by atoms with E-state index in [-0.39, 0.29) is 17.8 Å². The van der Waals surface area contributed by atoms with Crippen molar-refractivity contribution in [1.82, 2.24) is 20.2 Å². The number of H-pyrrole nitrogens is 1. The van der Waals surface area contributed by atoms with Crippen molar-refractivity contribution in [3.05, 3.63) is 120 Å². The van der Waals surface area contributed by atoms with Crippen molar-refractivity contribution in [3.63, 3.8) is 0 Å². The number of carbonyl (C=O) groups is 1. The molecule has 0 aliphatic heterocycles. The van der Waals surface area contributed by atoms with Crippen molar-refractivity contribution >= 4 is 11.9 Å². The topological polar surface area (TPSA) is 107 Å². The Kier molecular flexibility index (Phi) is 5.01. The molecule has 0 saturated carbocycles. The van der Waals surface area contributed by atoms with Crippen LogP contribution >= 0.6 is 0 Å². The molecule has 39 heavy (non-hydrogen) atoms. The van der Waals surface area contributed by atoms with Gasteiger partial charge in [-0.05, 0) is 53.3 Å². The van der Waals surface area contributed by atoms with Crippen molar-refractivity contribution in [2.45, 2.75) is 24.7 Å². The summed E-state index contributed by atoms with van der Waals surface area (Å²) in [6, 6.07) is 30.5. The molecule has 2 N–H and O–H groups in total. The maximum atomic E-state index is 14.0. The van der Waals surface area contributed by atoms with E-state index in [1.54, 1.807) is 6.20 Å². The van der Waals surface area contributed by atoms with Crippen molar-refractivity contribution in [2.24, 2.45) is 5.41 Å². The molecule has 2 aromatic heterocycles. The first-order chi connectivity index (χ1) is 19.0. The van der Waals surface area contributed by atoms with Crippen LogP contribution in [0.25, 0.3) is 22.5 Å². The van der Waals surface area contributed by atoms with Gasteiger partial charge in [-0.1, -0.05) is 72.8 Å². The number of anilines is 1. The van der Waals surface area contributed by atoms with Crippen LogP contribution in [0.2, 0.25) is 0 Å². The smallest absolute Gasteiger partial charge is 0.249 e. The average molecular weight is 509 g/mol. The first-order valence-corrected chi connectivity index (χ1v) is 12.9. The number of pyridine rings is 1. The molecule has 5 aromatic rings. The minimum absolute atomic E-state index is 0.185. The van der Waals surface area contributed by atoms with Crippen molar-refractivity contribution in [1.29, 1.82) is 5.26 Å². The van der Waals surface area contributed by atoms with Crippen molar-refractivity contribution in [3.8, 4) is 28.6 Å². The molecule has 0 unspecified atom stereocenters. The second kappa shape index (κ2) is 8.47. The van der Waals surface area contributed by atoms with Crippen LogP contribution in [0.4, 0.5) is 5.95 Å². The van der Waals surface area contributed by atoms with Gasteiger partial charge in [-0.2, -0.15) is 10.2 Å². The molecular weight excluding hydrogens is 484 g/mol. The molecule has 0 spiro atoms. The van der Waals surface area contributed by atoms with E-state index in [1.165, 1.54) is 0 Å².